The monoisotopic (exact) mass is 550 g/mol. The molecule has 0 radical (unpaired) electrons. The van der Waals surface area contributed by atoms with E-state index in [4.69, 9.17) is 4.98 Å². The van der Waals surface area contributed by atoms with Gasteiger partial charge in [-0.1, -0.05) is 61.9 Å². The summed E-state index contributed by atoms with van der Waals surface area (Å²) in [7, 11) is 1.74. The zero-order valence-corrected chi connectivity index (χ0v) is 23.8. The van der Waals surface area contributed by atoms with Crippen LogP contribution in [0.3, 0.4) is 0 Å². The number of rotatable bonds is 9. The van der Waals surface area contributed by atoms with Gasteiger partial charge >= 0.3 is 6.03 Å². The summed E-state index contributed by atoms with van der Waals surface area (Å²) in [5.41, 5.74) is 4.93. The Kier molecular flexibility index (Phi) is 8.19. The molecule has 5 aromatic rings. The second-order valence-electron chi connectivity index (χ2n) is 10.4. The number of amides is 2. The lowest BCUT2D eigenvalue weighted by atomic mass is 9.98. The number of hydrogen-bond donors (Lipinski definition) is 2. The van der Waals surface area contributed by atoms with Crippen LogP contribution in [0.1, 0.15) is 45.0 Å². The molecule has 0 aliphatic heterocycles. The van der Waals surface area contributed by atoms with Gasteiger partial charge in [0.15, 0.2) is 0 Å². The highest BCUT2D eigenvalue weighted by Crippen LogP contribution is 2.30. The fourth-order valence-electron chi connectivity index (χ4n) is 4.66. The number of urea groups is 1. The zero-order chi connectivity index (χ0) is 28.9. The van der Waals surface area contributed by atoms with Crippen LogP contribution in [0.25, 0.3) is 33.4 Å². The Hall–Kier alpha value is -4.86. The third-order valence-corrected chi connectivity index (χ3v) is 7.25. The first-order valence-corrected chi connectivity index (χ1v) is 13.8. The van der Waals surface area contributed by atoms with Gasteiger partial charge in [-0.15, -0.1) is 10.2 Å². The Balaban J connectivity index is 1.47. The predicted octanol–water partition coefficient (Wildman–Crippen LogP) is 5.51. The first kappa shape index (κ1) is 27.7. The molecular formula is C31H34N8O2. The minimum Gasteiger partial charge on any atom is -0.325 e. The molecule has 2 N–H and O–H groups in total. The van der Waals surface area contributed by atoms with E-state index in [1.165, 1.54) is 0 Å². The van der Waals surface area contributed by atoms with Gasteiger partial charge in [-0.25, -0.2) is 9.78 Å². The molecule has 0 aliphatic carbocycles. The van der Waals surface area contributed by atoms with Gasteiger partial charge in [0.25, 0.3) is 5.56 Å². The van der Waals surface area contributed by atoms with Crippen molar-refractivity contribution in [2.45, 2.75) is 52.6 Å². The van der Waals surface area contributed by atoms with Gasteiger partial charge in [-0.05, 0) is 60.4 Å². The van der Waals surface area contributed by atoms with Crippen molar-refractivity contribution in [3.05, 3.63) is 88.5 Å². The number of benzene rings is 3. The Morgan fingerprint density at radius 2 is 1.80 bits per heavy atom. The Bertz CT molecular complexity index is 1710. The van der Waals surface area contributed by atoms with Crippen molar-refractivity contribution in [2.75, 3.05) is 12.4 Å². The molecule has 0 spiro atoms. The number of unbranched alkanes of at least 4 members (excludes halogenated alkanes) is 1. The third kappa shape index (κ3) is 6.01. The van der Waals surface area contributed by atoms with Crippen molar-refractivity contribution in [2.24, 2.45) is 0 Å². The second kappa shape index (κ2) is 12.1. The molecule has 0 aliphatic rings. The van der Waals surface area contributed by atoms with Gasteiger partial charge in [0.05, 0.1) is 17.4 Å². The third-order valence-electron chi connectivity index (χ3n) is 7.25. The van der Waals surface area contributed by atoms with Crippen LogP contribution in [-0.4, -0.2) is 54.2 Å². The first-order valence-electron chi connectivity index (χ1n) is 13.8. The lowest BCUT2D eigenvalue weighted by Crippen LogP contribution is -2.36. The van der Waals surface area contributed by atoms with Crippen LogP contribution in [0.5, 0.6) is 0 Å². The van der Waals surface area contributed by atoms with Gasteiger partial charge in [0, 0.05) is 30.8 Å². The average molecular weight is 551 g/mol. The van der Waals surface area contributed by atoms with E-state index in [0.29, 0.717) is 35.4 Å². The van der Waals surface area contributed by atoms with E-state index in [1.807, 2.05) is 62.4 Å². The molecule has 2 amide bonds. The second-order valence-corrected chi connectivity index (χ2v) is 10.4. The summed E-state index contributed by atoms with van der Waals surface area (Å²) in [5.74, 6) is 1.29. The number of anilines is 1. The van der Waals surface area contributed by atoms with E-state index in [2.05, 4.69) is 32.9 Å². The molecule has 41 heavy (non-hydrogen) atoms. The summed E-state index contributed by atoms with van der Waals surface area (Å²) in [5, 5.41) is 17.8. The largest absolute Gasteiger partial charge is 0.325 e. The number of nitrogens with zero attached hydrogens (tertiary/aromatic N) is 6. The number of aryl methyl sites for hydroxylation is 1. The van der Waals surface area contributed by atoms with Crippen molar-refractivity contribution >= 4 is 22.6 Å². The fourth-order valence-corrected chi connectivity index (χ4v) is 4.66. The molecule has 5 rings (SSSR count). The summed E-state index contributed by atoms with van der Waals surface area (Å²) < 4.78 is 1.76. The van der Waals surface area contributed by atoms with Crippen LogP contribution >= 0.6 is 0 Å². The molecule has 0 saturated carbocycles. The van der Waals surface area contributed by atoms with E-state index in [9.17, 15) is 9.59 Å². The van der Waals surface area contributed by atoms with Gasteiger partial charge in [0.1, 0.15) is 5.82 Å². The number of hydrogen-bond acceptors (Lipinski definition) is 6. The zero-order valence-electron chi connectivity index (χ0n) is 23.8. The maximum atomic E-state index is 13.8. The SMILES string of the molecule is CCCCc1nc2ccc(NC(=O)N(C)C(C)C)cc2c(=O)n1Cc1ccc(-c2ccccc2-c2nn[nH]n2)cc1. The number of tetrazole rings is 1. The van der Waals surface area contributed by atoms with E-state index in [0.717, 1.165) is 40.9 Å². The highest BCUT2D eigenvalue weighted by atomic mass is 16.2. The van der Waals surface area contributed by atoms with Crippen LogP contribution in [0.2, 0.25) is 0 Å². The topological polar surface area (TPSA) is 122 Å². The number of carbonyl (C=O) groups excluding carboxylic acids is 1. The molecule has 2 heterocycles. The van der Waals surface area contributed by atoms with E-state index in [1.54, 1.807) is 34.7 Å². The maximum Gasteiger partial charge on any atom is 0.321 e. The number of aromatic amines is 1. The van der Waals surface area contributed by atoms with E-state index < -0.39 is 0 Å². The van der Waals surface area contributed by atoms with Crippen molar-refractivity contribution in [1.29, 1.82) is 0 Å². The number of aromatic nitrogens is 6. The summed E-state index contributed by atoms with van der Waals surface area (Å²) in [6.07, 6.45) is 2.63. The quantitative estimate of drug-likeness (QED) is 0.250. The van der Waals surface area contributed by atoms with Crippen LogP contribution in [0, 0.1) is 0 Å². The molecule has 3 aromatic carbocycles. The fraction of sp³-hybridized carbons (Fsp3) is 0.290. The maximum absolute atomic E-state index is 13.8. The van der Waals surface area contributed by atoms with Crippen LogP contribution < -0.4 is 10.9 Å². The standard InChI is InChI=1S/C31H34N8O2/c1-5-6-11-28-33-27-17-16-23(32-31(41)38(4)20(2)3)18-26(27)30(40)39(28)19-21-12-14-22(15-13-21)24-9-7-8-10-25(24)29-34-36-37-35-29/h7-10,12-18,20H,5-6,11,19H2,1-4H3,(H,32,41)(H,34,35,36,37). The summed E-state index contributed by atoms with van der Waals surface area (Å²) in [4.78, 5) is 32.9. The van der Waals surface area contributed by atoms with Crippen molar-refractivity contribution < 1.29 is 4.79 Å². The normalized spacial score (nSPS) is 11.2. The number of fused-ring (bicyclic) bond motifs is 1. The molecule has 0 bridgehead atoms. The number of H-pyrrole nitrogens is 1. The molecule has 0 unspecified atom stereocenters. The van der Waals surface area contributed by atoms with Gasteiger partial charge < -0.3 is 10.2 Å². The van der Waals surface area contributed by atoms with Gasteiger partial charge in [-0.3, -0.25) is 9.36 Å². The summed E-state index contributed by atoms with van der Waals surface area (Å²) >= 11 is 0. The minimum absolute atomic E-state index is 0.0503. The predicted molar refractivity (Wildman–Crippen MR) is 161 cm³/mol. The molecular weight excluding hydrogens is 516 g/mol. The summed E-state index contributed by atoms with van der Waals surface area (Å²) in [6.45, 7) is 6.40. The Morgan fingerprint density at radius 1 is 1.05 bits per heavy atom. The smallest absolute Gasteiger partial charge is 0.321 e. The van der Waals surface area contributed by atoms with Crippen molar-refractivity contribution in [3.63, 3.8) is 0 Å². The lowest BCUT2D eigenvalue weighted by Gasteiger charge is -2.22. The Labute approximate surface area is 238 Å². The van der Waals surface area contributed by atoms with Gasteiger partial charge in [-0.2, -0.15) is 5.21 Å². The minimum atomic E-state index is -0.229. The molecule has 0 fully saturated rings. The number of carbonyl (C=O) groups is 1. The average Bonchev–Trinajstić information content (AvgIpc) is 3.53. The van der Waals surface area contributed by atoms with Crippen LogP contribution in [-0.2, 0) is 13.0 Å². The molecule has 10 heteroatoms. The molecule has 10 nitrogen and oxygen atoms in total. The van der Waals surface area contributed by atoms with Crippen molar-refractivity contribution in [3.8, 4) is 22.5 Å². The van der Waals surface area contributed by atoms with Gasteiger partial charge in [0.2, 0.25) is 5.82 Å². The molecule has 0 saturated heterocycles. The highest BCUT2D eigenvalue weighted by Gasteiger charge is 2.16. The lowest BCUT2D eigenvalue weighted by molar-refractivity contribution is 0.211. The molecule has 210 valence electrons. The number of nitrogens with one attached hydrogen (secondary N) is 2. The van der Waals surface area contributed by atoms with Crippen molar-refractivity contribution in [1.82, 2.24) is 35.1 Å². The van der Waals surface area contributed by atoms with Crippen LogP contribution in [0.4, 0.5) is 10.5 Å². The molecule has 0 atom stereocenters. The highest BCUT2D eigenvalue weighted by molar-refractivity contribution is 5.92. The molecule has 2 aromatic heterocycles. The van der Waals surface area contributed by atoms with E-state index >= 15 is 0 Å². The first-order chi connectivity index (χ1) is 19.9. The van der Waals surface area contributed by atoms with Crippen LogP contribution in [0.15, 0.2) is 71.5 Å². The Morgan fingerprint density at radius 3 is 2.49 bits per heavy atom. The summed E-state index contributed by atoms with van der Waals surface area (Å²) in [6, 6.07) is 21.2. The van der Waals surface area contributed by atoms with E-state index in [-0.39, 0.29) is 17.6 Å².